The van der Waals surface area contributed by atoms with Crippen molar-refractivity contribution in [1.82, 2.24) is 4.90 Å². The maximum atomic E-state index is 11.8. The van der Waals surface area contributed by atoms with Crippen molar-refractivity contribution >= 4 is 0 Å². The summed E-state index contributed by atoms with van der Waals surface area (Å²) < 4.78 is -0.135. The predicted octanol–water partition coefficient (Wildman–Crippen LogP) is 1.00. The number of hydrogen-bond acceptors (Lipinski definition) is 2. The fourth-order valence-corrected chi connectivity index (χ4v) is 1.71. The van der Waals surface area contributed by atoms with Crippen LogP contribution in [0.4, 0.5) is 0 Å². The third kappa shape index (κ3) is 1.17. The van der Waals surface area contributed by atoms with E-state index in [2.05, 4.69) is 18.7 Å². The van der Waals surface area contributed by atoms with E-state index in [9.17, 15) is 5.21 Å². The lowest BCUT2D eigenvalue weighted by atomic mass is 9.96. The van der Waals surface area contributed by atoms with Crippen LogP contribution in [0, 0.1) is 5.21 Å². The molecule has 0 bridgehead atoms. The molecule has 0 radical (unpaired) electrons. The molecule has 2 atom stereocenters. The molecule has 0 amide bonds. The average Bonchev–Trinajstić information content (AvgIpc) is 1.94. The fraction of sp³-hybridized carbons (Fsp3) is 1.00. The third-order valence-corrected chi connectivity index (χ3v) is 3.32. The lowest BCUT2D eigenvalue weighted by Crippen LogP contribution is -2.47. The van der Waals surface area contributed by atoms with Crippen molar-refractivity contribution in [2.45, 2.75) is 32.4 Å². The van der Waals surface area contributed by atoms with Crippen molar-refractivity contribution in [1.29, 1.82) is 0 Å². The molecular weight excluding hydrogens is 140 g/mol. The molecule has 3 nitrogen and oxygen atoms in total. The van der Waals surface area contributed by atoms with Gasteiger partial charge in [-0.25, -0.2) is 4.90 Å². The smallest absolute Gasteiger partial charge is 0.135 e. The molecule has 0 aromatic carbocycles. The van der Waals surface area contributed by atoms with Gasteiger partial charge in [0.05, 0.1) is 12.6 Å². The monoisotopic (exact) mass is 158 g/mol. The van der Waals surface area contributed by atoms with Crippen LogP contribution in [-0.2, 0) is 0 Å². The van der Waals surface area contributed by atoms with E-state index in [0.717, 1.165) is 0 Å². The van der Waals surface area contributed by atoms with Crippen molar-refractivity contribution in [3.8, 4) is 0 Å². The number of rotatable bonds is 0. The Bertz CT molecular complexity index is 165. The van der Waals surface area contributed by atoms with E-state index in [1.165, 1.54) is 0 Å². The fourth-order valence-electron chi connectivity index (χ4n) is 1.71. The molecule has 2 unspecified atom stereocenters. The molecule has 1 saturated heterocycles. The summed E-state index contributed by atoms with van der Waals surface area (Å²) in [6.07, 6.45) is 0. The maximum absolute atomic E-state index is 11.8. The topological polar surface area (TPSA) is 26.3 Å². The van der Waals surface area contributed by atoms with Gasteiger partial charge in [0.2, 0.25) is 0 Å². The van der Waals surface area contributed by atoms with Gasteiger partial charge in [-0.3, -0.25) is 0 Å². The maximum Gasteiger partial charge on any atom is 0.135 e. The number of hydroxylamine groups is 3. The molecule has 0 saturated carbocycles. The van der Waals surface area contributed by atoms with Crippen molar-refractivity contribution in [2.75, 3.05) is 20.8 Å². The van der Waals surface area contributed by atoms with Gasteiger partial charge in [-0.2, -0.15) is 0 Å². The highest BCUT2D eigenvalue weighted by atomic mass is 16.6. The van der Waals surface area contributed by atoms with E-state index in [1.54, 1.807) is 7.05 Å². The highest BCUT2D eigenvalue weighted by Crippen LogP contribution is 2.32. The number of hydrogen-bond donors (Lipinski definition) is 0. The minimum Gasteiger partial charge on any atom is -0.632 e. The number of likely N-dealkylation sites (N-methyl/N-ethyl adjacent to an activating group) is 2. The molecule has 3 heteroatoms. The highest BCUT2D eigenvalue weighted by molar-refractivity contribution is 4.89. The van der Waals surface area contributed by atoms with Gasteiger partial charge >= 0.3 is 0 Å². The van der Waals surface area contributed by atoms with E-state index >= 15 is 0 Å². The zero-order valence-electron chi connectivity index (χ0n) is 8.09. The Morgan fingerprint density at radius 2 is 2.00 bits per heavy atom. The van der Waals surface area contributed by atoms with Crippen LogP contribution in [-0.4, -0.2) is 41.9 Å². The van der Waals surface area contributed by atoms with Crippen LogP contribution >= 0.6 is 0 Å². The summed E-state index contributed by atoms with van der Waals surface area (Å²) in [6, 6.07) is 0.160. The lowest BCUT2D eigenvalue weighted by molar-refractivity contribution is -0.876. The summed E-state index contributed by atoms with van der Waals surface area (Å²) in [6.45, 7) is 6.88. The summed E-state index contributed by atoms with van der Waals surface area (Å²) in [5.41, 5.74) is 0.0382. The van der Waals surface area contributed by atoms with E-state index in [1.807, 2.05) is 14.0 Å². The standard InChI is InChI=1S/C8H18N2O/c1-7-8(2,3)9(4)6-10(7,5)11/h7H,6H2,1-5H3. The normalized spacial score (nSPS) is 44.7. The summed E-state index contributed by atoms with van der Waals surface area (Å²) in [5, 5.41) is 11.8. The van der Waals surface area contributed by atoms with Crippen LogP contribution in [0.2, 0.25) is 0 Å². The van der Waals surface area contributed by atoms with Gasteiger partial charge in [-0.1, -0.05) is 0 Å². The second-order valence-electron chi connectivity index (χ2n) is 4.34. The van der Waals surface area contributed by atoms with E-state index in [4.69, 9.17) is 0 Å². The molecule has 1 fully saturated rings. The minimum absolute atomic E-state index is 0.0382. The average molecular weight is 158 g/mol. The zero-order valence-corrected chi connectivity index (χ0v) is 8.09. The molecule has 1 aliphatic rings. The second-order valence-corrected chi connectivity index (χ2v) is 4.34. The van der Waals surface area contributed by atoms with Crippen LogP contribution < -0.4 is 0 Å². The Kier molecular flexibility index (Phi) is 1.78. The largest absolute Gasteiger partial charge is 0.632 e. The van der Waals surface area contributed by atoms with Crippen molar-refractivity contribution < 1.29 is 4.65 Å². The van der Waals surface area contributed by atoms with Crippen LogP contribution in [0.1, 0.15) is 20.8 Å². The van der Waals surface area contributed by atoms with E-state index < -0.39 is 0 Å². The van der Waals surface area contributed by atoms with Crippen LogP contribution in [0.15, 0.2) is 0 Å². The number of nitrogens with zero attached hydrogens (tertiary/aromatic N) is 2. The number of quaternary nitrogens is 1. The molecule has 0 aliphatic carbocycles. The van der Waals surface area contributed by atoms with Gasteiger partial charge in [0.25, 0.3) is 0 Å². The molecular formula is C8H18N2O. The summed E-state index contributed by atoms with van der Waals surface area (Å²) in [5.74, 6) is 0. The zero-order chi connectivity index (χ0) is 8.86. The Morgan fingerprint density at radius 3 is 2.09 bits per heavy atom. The highest BCUT2D eigenvalue weighted by Gasteiger charge is 2.46. The van der Waals surface area contributed by atoms with Gasteiger partial charge in [-0.15, -0.1) is 0 Å². The first-order chi connectivity index (χ1) is 4.78. The van der Waals surface area contributed by atoms with E-state index in [0.29, 0.717) is 6.67 Å². The summed E-state index contributed by atoms with van der Waals surface area (Å²) >= 11 is 0. The first-order valence-corrected chi connectivity index (χ1v) is 4.06. The molecule has 11 heavy (non-hydrogen) atoms. The molecule has 1 aliphatic heterocycles. The predicted molar refractivity (Wildman–Crippen MR) is 45.7 cm³/mol. The molecule has 66 valence electrons. The molecule has 1 heterocycles. The Hall–Kier alpha value is -0.120. The lowest BCUT2D eigenvalue weighted by Gasteiger charge is -2.40. The van der Waals surface area contributed by atoms with Gasteiger partial charge in [-0.05, 0) is 27.8 Å². The molecule has 0 spiro atoms. The Balaban J connectivity index is 2.89. The van der Waals surface area contributed by atoms with Crippen molar-refractivity contribution in [3.05, 3.63) is 5.21 Å². The van der Waals surface area contributed by atoms with Gasteiger partial charge in [0, 0.05) is 0 Å². The second kappa shape index (κ2) is 2.19. The van der Waals surface area contributed by atoms with Crippen LogP contribution in [0.25, 0.3) is 0 Å². The van der Waals surface area contributed by atoms with Crippen LogP contribution in [0.3, 0.4) is 0 Å². The SMILES string of the molecule is CC1C(C)(C)N(C)C[N+]1(C)[O-]. The minimum atomic E-state index is -0.135. The molecule has 0 aromatic heterocycles. The van der Waals surface area contributed by atoms with Gasteiger partial charge in [0.1, 0.15) is 12.7 Å². The Labute approximate surface area is 68.8 Å². The van der Waals surface area contributed by atoms with Gasteiger partial charge in [0.15, 0.2) is 0 Å². The molecule has 0 N–H and O–H groups in total. The van der Waals surface area contributed by atoms with Crippen LogP contribution in [0.5, 0.6) is 0 Å². The quantitative estimate of drug-likeness (QED) is 0.388. The van der Waals surface area contributed by atoms with Crippen molar-refractivity contribution in [2.24, 2.45) is 0 Å². The molecule has 0 aromatic rings. The Morgan fingerprint density at radius 1 is 1.55 bits per heavy atom. The first-order valence-electron chi connectivity index (χ1n) is 4.06. The summed E-state index contributed by atoms with van der Waals surface area (Å²) in [7, 11) is 3.76. The molecule has 1 rings (SSSR count). The first kappa shape index (κ1) is 8.97. The van der Waals surface area contributed by atoms with E-state index in [-0.39, 0.29) is 16.2 Å². The third-order valence-electron chi connectivity index (χ3n) is 3.32. The van der Waals surface area contributed by atoms with Gasteiger partial charge < -0.3 is 9.85 Å². The summed E-state index contributed by atoms with van der Waals surface area (Å²) in [4.78, 5) is 2.13. The van der Waals surface area contributed by atoms with Crippen molar-refractivity contribution in [3.63, 3.8) is 0 Å².